The molecular formula is C21H36O2. The summed E-state index contributed by atoms with van der Waals surface area (Å²) in [5.74, 6) is 3.11. The Morgan fingerprint density at radius 3 is 2.04 bits per heavy atom. The summed E-state index contributed by atoms with van der Waals surface area (Å²) in [5, 5.41) is 0. The van der Waals surface area contributed by atoms with E-state index < -0.39 is 0 Å². The molecule has 0 aromatic rings. The second kappa shape index (κ2) is 8.53. The van der Waals surface area contributed by atoms with Crippen LogP contribution in [0.2, 0.25) is 0 Å². The van der Waals surface area contributed by atoms with Crippen molar-refractivity contribution in [3.63, 3.8) is 0 Å². The monoisotopic (exact) mass is 320 g/mol. The topological polar surface area (TPSA) is 26.3 Å². The van der Waals surface area contributed by atoms with E-state index in [9.17, 15) is 4.79 Å². The molecular weight excluding hydrogens is 284 g/mol. The second-order valence-electron chi connectivity index (χ2n) is 8.52. The third-order valence-electron chi connectivity index (χ3n) is 6.95. The molecule has 0 spiro atoms. The summed E-state index contributed by atoms with van der Waals surface area (Å²) in [6, 6.07) is 0. The van der Waals surface area contributed by atoms with Gasteiger partial charge >= 0.3 is 5.97 Å². The molecule has 0 radical (unpaired) electrons. The van der Waals surface area contributed by atoms with Crippen LogP contribution in [0.1, 0.15) is 96.8 Å². The molecule has 132 valence electrons. The van der Waals surface area contributed by atoms with Gasteiger partial charge in [0.05, 0.1) is 5.92 Å². The first-order valence-electron chi connectivity index (χ1n) is 10.5. The molecule has 0 N–H and O–H groups in total. The van der Waals surface area contributed by atoms with E-state index >= 15 is 0 Å². The van der Waals surface area contributed by atoms with E-state index in [2.05, 4.69) is 6.92 Å². The molecule has 0 heterocycles. The van der Waals surface area contributed by atoms with Crippen molar-refractivity contribution in [2.75, 3.05) is 0 Å². The predicted octanol–water partition coefficient (Wildman–Crippen LogP) is 5.89. The lowest BCUT2D eigenvalue weighted by molar-refractivity contribution is -0.157. The summed E-state index contributed by atoms with van der Waals surface area (Å²) in [7, 11) is 0. The highest BCUT2D eigenvalue weighted by Crippen LogP contribution is 2.41. The van der Waals surface area contributed by atoms with E-state index in [0.717, 1.165) is 43.4 Å². The average Bonchev–Trinajstić information content (AvgIpc) is 3.11. The Hall–Kier alpha value is -0.530. The van der Waals surface area contributed by atoms with Crippen molar-refractivity contribution in [2.45, 2.75) is 103 Å². The lowest BCUT2D eigenvalue weighted by Gasteiger charge is -2.33. The van der Waals surface area contributed by atoms with Gasteiger partial charge in [0.15, 0.2) is 0 Å². The summed E-state index contributed by atoms with van der Waals surface area (Å²) < 4.78 is 5.88. The summed E-state index contributed by atoms with van der Waals surface area (Å²) >= 11 is 0. The van der Waals surface area contributed by atoms with Gasteiger partial charge in [-0.15, -0.1) is 0 Å². The van der Waals surface area contributed by atoms with Crippen LogP contribution < -0.4 is 0 Å². The Labute approximate surface area is 142 Å². The van der Waals surface area contributed by atoms with Gasteiger partial charge < -0.3 is 4.74 Å². The van der Waals surface area contributed by atoms with Gasteiger partial charge in [0.25, 0.3) is 0 Å². The normalized spacial score (nSPS) is 36.0. The van der Waals surface area contributed by atoms with Crippen LogP contribution in [0.15, 0.2) is 0 Å². The van der Waals surface area contributed by atoms with Crippen LogP contribution in [-0.2, 0) is 9.53 Å². The Bertz CT molecular complexity index is 356. The van der Waals surface area contributed by atoms with E-state index in [4.69, 9.17) is 4.74 Å². The van der Waals surface area contributed by atoms with Gasteiger partial charge in [-0.3, -0.25) is 4.79 Å². The van der Waals surface area contributed by atoms with Crippen LogP contribution >= 0.6 is 0 Å². The zero-order chi connectivity index (χ0) is 16.1. The maximum absolute atomic E-state index is 12.5. The van der Waals surface area contributed by atoms with Crippen molar-refractivity contribution in [1.82, 2.24) is 0 Å². The minimum Gasteiger partial charge on any atom is -0.462 e. The molecule has 0 atom stereocenters. The molecule has 2 heteroatoms. The number of carbonyl (C=O) groups excluding carboxylic acids is 1. The summed E-state index contributed by atoms with van der Waals surface area (Å²) in [5.41, 5.74) is 0. The SMILES string of the molecule is CCCC1CCC(OC(=O)C2CCC(C3CCCC3)CC2)CC1. The smallest absolute Gasteiger partial charge is 0.309 e. The molecule has 0 unspecified atom stereocenters. The van der Waals surface area contributed by atoms with Gasteiger partial charge in [-0.1, -0.05) is 45.4 Å². The molecule has 0 amide bonds. The highest BCUT2D eigenvalue weighted by atomic mass is 16.5. The van der Waals surface area contributed by atoms with E-state index in [1.807, 2.05) is 0 Å². The molecule has 0 aromatic heterocycles. The Kier molecular flexibility index (Phi) is 6.42. The fourth-order valence-corrected chi connectivity index (χ4v) is 5.46. The maximum Gasteiger partial charge on any atom is 0.309 e. The highest BCUT2D eigenvalue weighted by Gasteiger charge is 2.33. The molecule has 3 aliphatic carbocycles. The van der Waals surface area contributed by atoms with E-state index in [1.54, 1.807) is 0 Å². The van der Waals surface area contributed by atoms with Crippen LogP contribution in [0, 0.1) is 23.7 Å². The van der Waals surface area contributed by atoms with Gasteiger partial charge in [0.1, 0.15) is 6.10 Å². The minimum absolute atomic E-state index is 0.133. The van der Waals surface area contributed by atoms with Crippen LogP contribution in [0.4, 0.5) is 0 Å². The Morgan fingerprint density at radius 1 is 0.826 bits per heavy atom. The molecule has 23 heavy (non-hydrogen) atoms. The van der Waals surface area contributed by atoms with Crippen molar-refractivity contribution in [1.29, 1.82) is 0 Å². The van der Waals surface area contributed by atoms with Crippen LogP contribution in [0.5, 0.6) is 0 Å². The lowest BCUT2D eigenvalue weighted by Crippen LogP contribution is -2.31. The number of esters is 1. The number of hydrogen-bond acceptors (Lipinski definition) is 2. The standard InChI is InChI=1S/C21H36O2/c1-2-5-16-8-14-20(15-9-16)23-21(22)19-12-10-18(11-13-19)17-6-3-4-7-17/h16-20H,2-15H2,1H3. The Morgan fingerprint density at radius 2 is 1.43 bits per heavy atom. The first kappa shape index (κ1) is 17.3. The number of rotatable bonds is 5. The third kappa shape index (κ3) is 4.73. The van der Waals surface area contributed by atoms with Crippen molar-refractivity contribution < 1.29 is 9.53 Å². The summed E-state index contributed by atoms with van der Waals surface area (Å²) in [6.45, 7) is 2.27. The zero-order valence-corrected chi connectivity index (χ0v) is 15.1. The fraction of sp³-hybridized carbons (Fsp3) is 0.952. The van der Waals surface area contributed by atoms with Crippen LogP contribution in [0.25, 0.3) is 0 Å². The summed E-state index contributed by atoms with van der Waals surface area (Å²) in [6.07, 6.45) is 18.1. The molecule has 0 aliphatic heterocycles. The minimum atomic E-state index is 0.133. The van der Waals surface area contributed by atoms with Crippen molar-refractivity contribution in [3.8, 4) is 0 Å². The maximum atomic E-state index is 12.5. The number of ether oxygens (including phenoxy) is 1. The summed E-state index contributed by atoms with van der Waals surface area (Å²) in [4.78, 5) is 12.5. The first-order chi connectivity index (χ1) is 11.3. The number of carbonyl (C=O) groups is 1. The van der Waals surface area contributed by atoms with Crippen molar-refractivity contribution >= 4 is 5.97 Å². The number of hydrogen-bond donors (Lipinski definition) is 0. The highest BCUT2D eigenvalue weighted by molar-refractivity contribution is 5.72. The Balaban J connectivity index is 1.36. The second-order valence-corrected chi connectivity index (χ2v) is 8.52. The lowest BCUT2D eigenvalue weighted by atomic mass is 9.75. The molecule has 3 saturated carbocycles. The fourth-order valence-electron chi connectivity index (χ4n) is 5.46. The molecule has 3 fully saturated rings. The molecule has 2 nitrogen and oxygen atoms in total. The molecule has 3 aliphatic rings. The van der Waals surface area contributed by atoms with Crippen LogP contribution in [-0.4, -0.2) is 12.1 Å². The van der Waals surface area contributed by atoms with Gasteiger partial charge in [0, 0.05) is 0 Å². The molecule has 3 rings (SSSR count). The quantitative estimate of drug-likeness (QED) is 0.591. The van der Waals surface area contributed by atoms with Crippen LogP contribution in [0.3, 0.4) is 0 Å². The third-order valence-corrected chi connectivity index (χ3v) is 6.95. The van der Waals surface area contributed by atoms with Gasteiger partial charge in [-0.05, 0) is 69.1 Å². The van der Waals surface area contributed by atoms with E-state index in [0.29, 0.717) is 0 Å². The molecule has 0 aromatic carbocycles. The predicted molar refractivity (Wildman–Crippen MR) is 94.2 cm³/mol. The van der Waals surface area contributed by atoms with Gasteiger partial charge in [-0.25, -0.2) is 0 Å². The largest absolute Gasteiger partial charge is 0.462 e. The van der Waals surface area contributed by atoms with Gasteiger partial charge in [0.2, 0.25) is 0 Å². The molecule has 0 saturated heterocycles. The zero-order valence-electron chi connectivity index (χ0n) is 15.1. The van der Waals surface area contributed by atoms with E-state index in [-0.39, 0.29) is 18.0 Å². The molecule has 0 bridgehead atoms. The van der Waals surface area contributed by atoms with Crippen molar-refractivity contribution in [2.24, 2.45) is 23.7 Å². The first-order valence-corrected chi connectivity index (χ1v) is 10.5. The average molecular weight is 321 g/mol. The van der Waals surface area contributed by atoms with Crippen molar-refractivity contribution in [3.05, 3.63) is 0 Å². The van der Waals surface area contributed by atoms with Gasteiger partial charge in [-0.2, -0.15) is 0 Å². The van der Waals surface area contributed by atoms with E-state index in [1.165, 1.54) is 64.2 Å².